The number of rotatable bonds is 2. The Kier molecular flexibility index (Phi) is 29.4. The van der Waals surface area contributed by atoms with Crippen LogP contribution in [-0.2, 0) is 37.9 Å². The minimum atomic E-state index is -3.81. The van der Waals surface area contributed by atoms with Crippen LogP contribution in [0, 0.1) is 0 Å². The van der Waals surface area contributed by atoms with Gasteiger partial charge in [-0.05, 0) is 30.7 Å². The van der Waals surface area contributed by atoms with Crippen molar-refractivity contribution in [3.63, 3.8) is 0 Å². The van der Waals surface area contributed by atoms with E-state index in [1.54, 1.807) is 7.05 Å². The van der Waals surface area contributed by atoms with Gasteiger partial charge in [0.2, 0.25) is 0 Å². The molecule has 1 aliphatic rings. The Morgan fingerprint density at radius 1 is 1.05 bits per heavy atom. The van der Waals surface area contributed by atoms with Gasteiger partial charge in [0.15, 0.2) is 0 Å². The van der Waals surface area contributed by atoms with Crippen molar-refractivity contribution >= 4 is 43.3 Å². The van der Waals surface area contributed by atoms with E-state index in [4.69, 9.17) is 38.8 Å². The molecular weight excluding hydrogens is 380 g/mol. The van der Waals surface area contributed by atoms with Crippen LogP contribution in [0.4, 0.5) is 0 Å². The van der Waals surface area contributed by atoms with Crippen LogP contribution in [0.1, 0.15) is 0 Å². The monoisotopic (exact) mass is 403 g/mol. The average molecular weight is 403 g/mol. The van der Waals surface area contributed by atoms with E-state index in [9.17, 15) is 4.79 Å². The zero-order valence-corrected chi connectivity index (χ0v) is 15.4. The second-order valence-corrected chi connectivity index (χ2v) is 7.68. The summed E-state index contributed by atoms with van der Waals surface area (Å²) in [5.41, 5.74) is 0. The SMILES string of the molecule is C1COCO1.C=C.CNCC=O.OP(O)(O)=S.OP(O)(O)=S. The van der Waals surface area contributed by atoms with Gasteiger partial charge in [-0.25, -0.2) is 0 Å². The normalized spacial score (nSPS) is 12.7. The Hall–Kier alpha value is 0.350. The van der Waals surface area contributed by atoms with Crippen molar-refractivity contribution in [2.75, 3.05) is 33.6 Å². The molecule has 0 aromatic rings. The molecule has 0 radical (unpaired) electrons. The second-order valence-electron chi connectivity index (χ2n) is 2.69. The highest BCUT2D eigenvalue weighted by molar-refractivity contribution is 8.06. The number of likely N-dealkylation sites (N-methyl/N-ethyl adjacent to an activating group) is 1. The average Bonchev–Trinajstić information content (AvgIpc) is 2.86. The fourth-order valence-electron chi connectivity index (χ4n) is 0.378. The van der Waals surface area contributed by atoms with Crippen molar-refractivity contribution in [2.24, 2.45) is 0 Å². The standard InChI is InChI=1S/C3H7NO.C3H6O2.C2H4.2H3O3PS/c1-4-2-3-5;1-2-5-3-4-1;1-2;2*1-4(2,3)5/h3-4H,2H2,1H3;1-3H2;1-2H2;2*(H3,1,2,3,5). The van der Waals surface area contributed by atoms with E-state index in [-0.39, 0.29) is 0 Å². The second kappa shape index (κ2) is 21.4. The van der Waals surface area contributed by atoms with Crippen molar-refractivity contribution in [3.8, 4) is 0 Å². The molecule has 10 nitrogen and oxygen atoms in total. The summed E-state index contributed by atoms with van der Waals surface area (Å²) in [5, 5.41) is 2.65. The van der Waals surface area contributed by atoms with Gasteiger partial charge in [0.25, 0.3) is 0 Å². The van der Waals surface area contributed by atoms with Crippen molar-refractivity contribution in [1.29, 1.82) is 0 Å². The topological polar surface area (TPSA) is 169 Å². The van der Waals surface area contributed by atoms with E-state index < -0.39 is 13.4 Å². The molecule has 0 aromatic carbocycles. The molecule has 0 aromatic heterocycles. The summed E-state index contributed by atoms with van der Waals surface area (Å²) in [6, 6.07) is 0. The van der Waals surface area contributed by atoms with Crippen LogP contribution in [0.15, 0.2) is 13.2 Å². The lowest BCUT2D eigenvalue weighted by molar-refractivity contribution is -0.107. The predicted octanol–water partition coefficient (Wildman–Crippen LogP) is -1.43. The molecule has 22 heavy (non-hydrogen) atoms. The number of hydrogen-bond donors (Lipinski definition) is 7. The smallest absolute Gasteiger partial charge is 0.319 e. The molecule has 0 amide bonds. The highest BCUT2D eigenvalue weighted by Crippen LogP contribution is 2.26. The molecule has 0 spiro atoms. The van der Waals surface area contributed by atoms with Gasteiger partial charge in [-0.3, -0.25) is 0 Å². The minimum Gasteiger partial charge on any atom is -0.353 e. The maximum Gasteiger partial charge on any atom is 0.319 e. The third-order valence-corrected chi connectivity index (χ3v) is 0.826. The third kappa shape index (κ3) is 141. The Labute approximate surface area is 139 Å². The van der Waals surface area contributed by atoms with Crippen LogP contribution in [0.3, 0.4) is 0 Å². The quantitative estimate of drug-likeness (QED) is 0.163. The van der Waals surface area contributed by atoms with Gasteiger partial charge in [-0.1, -0.05) is 0 Å². The molecule has 1 fully saturated rings. The summed E-state index contributed by atoms with van der Waals surface area (Å²) >= 11 is 7.21. The maximum absolute atomic E-state index is 9.34. The molecule has 1 aliphatic heterocycles. The zero-order valence-electron chi connectivity index (χ0n) is 11.9. The van der Waals surface area contributed by atoms with E-state index in [2.05, 4.69) is 42.1 Å². The first kappa shape index (κ1) is 30.3. The molecule has 1 saturated heterocycles. The Morgan fingerprint density at radius 2 is 1.32 bits per heavy atom. The number of hydrogen-bond acceptors (Lipinski definition) is 6. The predicted molar refractivity (Wildman–Crippen MR) is 89.9 cm³/mol. The lowest BCUT2D eigenvalue weighted by Gasteiger charge is -1.88. The number of carbonyl (C=O) groups excluding carboxylic acids is 1. The fourth-order valence-corrected chi connectivity index (χ4v) is 0.378. The van der Waals surface area contributed by atoms with Crippen molar-refractivity contribution < 1.29 is 43.6 Å². The number of aldehydes is 1. The minimum absolute atomic E-state index is 0.458. The van der Waals surface area contributed by atoms with Crippen LogP contribution in [0.25, 0.3) is 0 Å². The summed E-state index contributed by atoms with van der Waals surface area (Å²) in [6.07, 6.45) is 0.819. The van der Waals surface area contributed by atoms with Crippen molar-refractivity contribution in [1.82, 2.24) is 5.32 Å². The van der Waals surface area contributed by atoms with Crippen molar-refractivity contribution in [2.45, 2.75) is 0 Å². The molecule has 1 heterocycles. The maximum atomic E-state index is 9.34. The zero-order chi connectivity index (χ0) is 18.7. The van der Waals surface area contributed by atoms with Crippen LogP contribution < -0.4 is 5.32 Å². The molecule has 7 N–H and O–H groups in total. The highest BCUT2D eigenvalue weighted by atomic mass is 32.5. The molecule has 0 bridgehead atoms. The van der Waals surface area contributed by atoms with Gasteiger partial charge >= 0.3 is 13.4 Å². The van der Waals surface area contributed by atoms with Gasteiger partial charge in [0, 0.05) is 0 Å². The van der Waals surface area contributed by atoms with E-state index in [0.717, 1.165) is 19.5 Å². The lowest BCUT2D eigenvalue weighted by atomic mass is 10.7. The highest BCUT2D eigenvalue weighted by Gasteiger charge is 1.94. The summed E-state index contributed by atoms with van der Waals surface area (Å²) in [5.74, 6) is 0. The van der Waals surface area contributed by atoms with Gasteiger partial charge in [-0.15, -0.1) is 13.2 Å². The molecule has 0 saturated carbocycles. The van der Waals surface area contributed by atoms with Crippen molar-refractivity contribution in [3.05, 3.63) is 13.2 Å². The van der Waals surface area contributed by atoms with Crippen LogP contribution in [0.2, 0.25) is 0 Å². The number of carbonyl (C=O) groups is 1. The first-order valence-corrected chi connectivity index (χ1v) is 10.5. The Balaban J connectivity index is -0.0000000945. The molecule has 0 unspecified atom stereocenters. The van der Waals surface area contributed by atoms with Crippen LogP contribution in [-0.4, -0.2) is 69.2 Å². The molecule has 136 valence electrons. The lowest BCUT2D eigenvalue weighted by Crippen LogP contribution is -2.07. The van der Waals surface area contributed by atoms with Gasteiger partial charge < -0.3 is 48.9 Å². The van der Waals surface area contributed by atoms with Gasteiger partial charge in [0.05, 0.1) is 19.8 Å². The molecule has 1 rings (SSSR count). The molecular formula is C8H23NO9P2S2. The molecule has 14 heteroatoms. The molecule has 0 aliphatic carbocycles. The van der Waals surface area contributed by atoms with Crippen LogP contribution >= 0.6 is 13.4 Å². The first-order chi connectivity index (χ1) is 9.91. The van der Waals surface area contributed by atoms with E-state index in [1.807, 2.05) is 0 Å². The number of nitrogens with one attached hydrogen (secondary N) is 1. The van der Waals surface area contributed by atoms with E-state index >= 15 is 0 Å². The third-order valence-electron chi connectivity index (χ3n) is 0.826. The van der Waals surface area contributed by atoms with Gasteiger partial charge in [0.1, 0.15) is 13.1 Å². The molecule has 0 atom stereocenters. The summed E-state index contributed by atoms with van der Waals surface area (Å²) in [6.45, 7) is 0.903. The van der Waals surface area contributed by atoms with E-state index in [0.29, 0.717) is 13.3 Å². The Bertz CT molecular complexity index is 275. The first-order valence-electron chi connectivity index (χ1n) is 5.22. The summed E-state index contributed by atoms with van der Waals surface area (Å²) < 4.78 is 9.44. The van der Waals surface area contributed by atoms with E-state index in [1.165, 1.54) is 0 Å². The Morgan fingerprint density at radius 3 is 1.36 bits per heavy atom. The van der Waals surface area contributed by atoms with Gasteiger partial charge in [-0.2, -0.15) is 0 Å². The fraction of sp³-hybridized carbons (Fsp3) is 0.625. The van der Waals surface area contributed by atoms with Crippen LogP contribution in [0.5, 0.6) is 0 Å². The largest absolute Gasteiger partial charge is 0.353 e. The number of ether oxygens (including phenoxy) is 2. The summed E-state index contributed by atoms with van der Waals surface area (Å²) in [4.78, 5) is 54.7. The summed E-state index contributed by atoms with van der Waals surface area (Å²) in [7, 11) is 1.73.